The highest BCUT2D eigenvalue weighted by Gasteiger charge is 2.22. The lowest BCUT2D eigenvalue weighted by Gasteiger charge is -2.36. The van der Waals surface area contributed by atoms with Crippen LogP contribution in [0.1, 0.15) is 24.3 Å². The molecular weight excluding hydrogens is 352 g/mol. The lowest BCUT2D eigenvalue weighted by Crippen LogP contribution is -2.45. The van der Waals surface area contributed by atoms with Crippen molar-refractivity contribution in [1.82, 2.24) is 10.2 Å². The Morgan fingerprint density at radius 2 is 1.75 bits per heavy atom. The van der Waals surface area contributed by atoms with E-state index in [9.17, 15) is 4.79 Å². The fourth-order valence-corrected chi connectivity index (χ4v) is 3.54. The van der Waals surface area contributed by atoms with E-state index in [2.05, 4.69) is 34.3 Å². The first-order valence-electron chi connectivity index (χ1n) is 9.51. The number of hydrogen-bond acceptors (Lipinski definition) is 4. The van der Waals surface area contributed by atoms with Gasteiger partial charge in [-0.2, -0.15) is 5.10 Å². The molecule has 0 spiro atoms. The number of carbonyl (C=O) groups excluding carboxylic acids is 1. The Labute approximate surface area is 164 Å². The molecule has 1 fully saturated rings. The van der Waals surface area contributed by atoms with Gasteiger partial charge >= 0.3 is 0 Å². The van der Waals surface area contributed by atoms with Gasteiger partial charge in [-0.25, -0.2) is 0 Å². The summed E-state index contributed by atoms with van der Waals surface area (Å²) in [6.45, 7) is 5.91. The topological polar surface area (TPSA) is 70.2 Å². The van der Waals surface area contributed by atoms with Crippen molar-refractivity contribution in [2.45, 2.75) is 26.1 Å². The number of anilines is 2. The Morgan fingerprint density at radius 1 is 1.07 bits per heavy atom. The van der Waals surface area contributed by atoms with Crippen molar-refractivity contribution in [3.05, 3.63) is 66.4 Å². The normalized spacial score (nSPS) is 19.4. The first-order valence-corrected chi connectivity index (χ1v) is 9.51. The molecule has 1 saturated heterocycles. The molecule has 6 nitrogen and oxygen atoms in total. The molecule has 0 radical (unpaired) electrons. The molecule has 1 amide bonds. The fourth-order valence-electron chi connectivity index (χ4n) is 3.54. The molecule has 0 unspecified atom stereocenters. The molecule has 4 rings (SSSR count). The number of carbonyl (C=O) groups is 1. The second-order valence-electron chi connectivity index (χ2n) is 7.20. The maximum absolute atomic E-state index is 12.5. The summed E-state index contributed by atoms with van der Waals surface area (Å²) in [6.07, 6.45) is 0.421. The van der Waals surface area contributed by atoms with E-state index in [-0.39, 0.29) is 18.1 Å². The highest BCUT2D eigenvalue weighted by molar-refractivity contribution is 6.03. The number of hydrogen-bond donors (Lipinski definition) is 2. The summed E-state index contributed by atoms with van der Waals surface area (Å²) in [5, 5.41) is 9.96. The van der Waals surface area contributed by atoms with E-state index in [4.69, 9.17) is 4.74 Å². The number of aromatic nitrogens is 2. The number of morpholine rings is 1. The minimum Gasteiger partial charge on any atom is -0.372 e. The average molecular weight is 376 g/mol. The van der Waals surface area contributed by atoms with Gasteiger partial charge in [0.25, 0.3) is 5.91 Å². The zero-order valence-electron chi connectivity index (χ0n) is 16.1. The van der Waals surface area contributed by atoms with Crippen LogP contribution < -0.4 is 10.2 Å². The molecule has 1 aliphatic heterocycles. The van der Waals surface area contributed by atoms with E-state index in [1.165, 1.54) is 0 Å². The van der Waals surface area contributed by atoms with Gasteiger partial charge in [-0.1, -0.05) is 30.3 Å². The van der Waals surface area contributed by atoms with Crippen molar-refractivity contribution in [2.24, 2.45) is 0 Å². The zero-order chi connectivity index (χ0) is 19.5. The number of aromatic amines is 1. The van der Waals surface area contributed by atoms with Crippen LogP contribution in [-0.4, -0.2) is 41.4 Å². The monoisotopic (exact) mass is 376 g/mol. The van der Waals surface area contributed by atoms with Crippen LogP contribution in [0.5, 0.6) is 0 Å². The van der Waals surface area contributed by atoms with Crippen LogP contribution in [0.4, 0.5) is 11.4 Å². The minimum atomic E-state index is -0.212. The van der Waals surface area contributed by atoms with Crippen LogP contribution >= 0.6 is 0 Å². The molecule has 0 bridgehead atoms. The van der Waals surface area contributed by atoms with E-state index in [1.807, 2.05) is 54.6 Å². The van der Waals surface area contributed by atoms with Crippen LogP contribution in [0.3, 0.4) is 0 Å². The Hall–Kier alpha value is -3.12. The van der Waals surface area contributed by atoms with Crippen molar-refractivity contribution < 1.29 is 9.53 Å². The molecule has 1 aliphatic rings. The van der Waals surface area contributed by atoms with Crippen LogP contribution in [0, 0.1) is 0 Å². The van der Waals surface area contributed by atoms with Gasteiger partial charge in [0.1, 0.15) is 5.69 Å². The third kappa shape index (κ3) is 4.07. The molecule has 3 aromatic rings. The van der Waals surface area contributed by atoms with Gasteiger partial charge in [0, 0.05) is 30.0 Å². The summed E-state index contributed by atoms with van der Waals surface area (Å²) < 4.78 is 5.79. The lowest BCUT2D eigenvalue weighted by atomic mass is 10.1. The fraction of sp³-hybridized carbons (Fsp3) is 0.273. The number of benzene rings is 2. The predicted octanol–water partition coefficient (Wildman–Crippen LogP) is 3.94. The van der Waals surface area contributed by atoms with Crippen LogP contribution in [0.25, 0.3) is 11.3 Å². The van der Waals surface area contributed by atoms with Crippen LogP contribution in [-0.2, 0) is 4.74 Å². The minimum absolute atomic E-state index is 0.210. The number of nitrogens with zero attached hydrogens (tertiary/aromatic N) is 2. The summed E-state index contributed by atoms with van der Waals surface area (Å²) >= 11 is 0. The molecule has 28 heavy (non-hydrogen) atoms. The summed E-state index contributed by atoms with van der Waals surface area (Å²) in [4.78, 5) is 14.8. The molecule has 2 atom stereocenters. The Kier molecular flexibility index (Phi) is 5.12. The highest BCUT2D eigenvalue weighted by atomic mass is 16.5. The van der Waals surface area contributed by atoms with Crippen molar-refractivity contribution >= 4 is 17.3 Å². The maximum Gasteiger partial charge on any atom is 0.273 e. The van der Waals surface area contributed by atoms with Crippen molar-refractivity contribution in [3.63, 3.8) is 0 Å². The SMILES string of the molecule is C[C@@H]1CN(c2ccc(NC(=O)c3cc(-c4ccccc4)n[nH]3)cc2)C[C@H](C)O1. The third-order valence-electron chi connectivity index (χ3n) is 4.80. The Morgan fingerprint density at radius 3 is 2.43 bits per heavy atom. The molecule has 2 aromatic carbocycles. The molecule has 6 heteroatoms. The van der Waals surface area contributed by atoms with Gasteiger partial charge in [0.15, 0.2) is 0 Å². The number of amides is 1. The van der Waals surface area contributed by atoms with E-state index >= 15 is 0 Å². The molecule has 0 aliphatic carbocycles. The van der Waals surface area contributed by atoms with E-state index in [0.717, 1.165) is 35.7 Å². The molecule has 1 aromatic heterocycles. The van der Waals surface area contributed by atoms with Gasteiger partial charge < -0.3 is 15.0 Å². The van der Waals surface area contributed by atoms with Crippen LogP contribution in [0.15, 0.2) is 60.7 Å². The molecule has 0 saturated carbocycles. The Bertz CT molecular complexity index is 927. The second-order valence-corrected chi connectivity index (χ2v) is 7.20. The standard InChI is InChI=1S/C22H24N4O2/c1-15-13-26(14-16(2)28-15)19-10-8-18(9-11-19)23-22(27)21-12-20(24-25-21)17-6-4-3-5-7-17/h3-12,15-16H,13-14H2,1-2H3,(H,23,27)(H,24,25)/t15-,16+. The van der Waals surface area contributed by atoms with Gasteiger partial charge in [0.2, 0.25) is 0 Å². The highest BCUT2D eigenvalue weighted by Crippen LogP contribution is 2.23. The first-order chi connectivity index (χ1) is 13.6. The molecule has 144 valence electrons. The van der Waals surface area contributed by atoms with Crippen molar-refractivity contribution in [3.8, 4) is 11.3 Å². The largest absolute Gasteiger partial charge is 0.372 e. The van der Waals surface area contributed by atoms with E-state index in [1.54, 1.807) is 6.07 Å². The predicted molar refractivity (Wildman–Crippen MR) is 111 cm³/mol. The molecule has 2 N–H and O–H groups in total. The summed E-state index contributed by atoms with van der Waals surface area (Å²) in [5.41, 5.74) is 4.03. The average Bonchev–Trinajstić information content (AvgIpc) is 3.19. The van der Waals surface area contributed by atoms with Crippen molar-refractivity contribution in [1.29, 1.82) is 0 Å². The van der Waals surface area contributed by atoms with Gasteiger partial charge in [-0.05, 0) is 44.2 Å². The molecular formula is C22H24N4O2. The van der Waals surface area contributed by atoms with Gasteiger partial charge in [-0.15, -0.1) is 0 Å². The third-order valence-corrected chi connectivity index (χ3v) is 4.80. The number of rotatable bonds is 4. The lowest BCUT2D eigenvalue weighted by molar-refractivity contribution is -0.00521. The van der Waals surface area contributed by atoms with Crippen LogP contribution in [0.2, 0.25) is 0 Å². The summed E-state index contributed by atoms with van der Waals surface area (Å²) in [5.74, 6) is -0.212. The Balaban J connectivity index is 1.42. The summed E-state index contributed by atoms with van der Waals surface area (Å²) in [7, 11) is 0. The second kappa shape index (κ2) is 7.86. The quantitative estimate of drug-likeness (QED) is 0.723. The maximum atomic E-state index is 12.5. The zero-order valence-corrected chi connectivity index (χ0v) is 16.1. The van der Waals surface area contributed by atoms with E-state index in [0.29, 0.717) is 5.69 Å². The van der Waals surface area contributed by atoms with Crippen molar-refractivity contribution in [2.75, 3.05) is 23.3 Å². The number of nitrogens with one attached hydrogen (secondary N) is 2. The number of H-pyrrole nitrogens is 1. The summed E-state index contributed by atoms with van der Waals surface area (Å²) in [6, 6.07) is 19.4. The number of ether oxygens (including phenoxy) is 1. The van der Waals surface area contributed by atoms with E-state index < -0.39 is 0 Å². The van der Waals surface area contributed by atoms with Gasteiger partial charge in [0.05, 0.1) is 17.9 Å². The van der Waals surface area contributed by atoms with Gasteiger partial charge in [-0.3, -0.25) is 9.89 Å². The molecule has 2 heterocycles. The first kappa shape index (κ1) is 18.3. The smallest absolute Gasteiger partial charge is 0.273 e.